The number of hydrogen-bond donors (Lipinski definition) is 0. The van der Waals surface area contributed by atoms with Gasteiger partial charge in [0.2, 0.25) is 0 Å². The van der Waals surface area contributed by atoms with Gasteiger partial charge in [-0.1, -0.05) is 0 Å². The summed E-state index contributed by atoms with van der Waals surface area (Å²) in [4.78, 5) is 0. The van der Waals surface area contributed by atoms with Crippen molar-refractivity contribution in [2.45, 2.75) is 33.9 Å². The molecule has 6 atom stereocenters. The Kier molecular flexibility index (Phi) is 5.83. The van der Waals surface area contributed by atoms with Crippen molar-refractivity contribution in [2.75, 3.05) is 6.16 Å². The van der Waals surface area contributed by atoms with E-state index in [0.717, 1.165) is 25.9 Å². The molecule has 1 aliphatic heterocycles. The van der Waals surface area contributed by atoms with Crippen molar-refractivity contribution in [2.24, 2.45) is 11.8 Å². The van der Waals surface area contributed by atoms with Gasteiger partial charge in [0.1, 0.15) is 0 Å². The fraction of sp³-hybridized carbons (Fsp3) is 0.429. The molecule has 0 N–H and O–H groups in total. The van der Waals surface area contributed by atoms with E-state index in [9.17, 15) is 0 Å². The van der Waals surface area contributed by atoms with Gasteiger partial charge in [-0.2, -0.15) is 0 Å². The molecule has 1 aromatic carbocycles. The Bertz CT molecular complexity index is 726. The number of fused-ring (bicyclic) bond motifs is 6. The number of allylic oxidation sites excluding steroid dienone is 5. The van der Waals surface area contributed by atoms with Crippen LogP contribution in [0.5, 0.6) is 0 Å². The minimum atomic E-state index is 0. The second kappa shape index (κ2) is 7.59. The largest absolute Gasteiger partial charge is 1.00 e. The molecule has 6 unspecified atom stereocenters. The van der Waals surface area contributed by atoms with Crippen molar-refractivity contribution in [1.82, 2.24) is 0 Å². The fourth-order valence-electron chi connectivity index (χ4n) is 5.17. The van der Waals surface area contributed by atoms with Crippen molar-refractivity contribution < 1.29 is 28.6 Å². The average molecular weight is 392 g/mol. The van der Waals surface area contributed by atoms with E-state index >= 15 is 0 Å². The van der Waals surface area contributed by atoms with Crippen LogP contribution in [0.3, 0.4) is 0 Å². The molecule has 2 fully saturated rings. The van der Waals surface area contributed by atoms with Crippen LogP contribution in [-0.4, -0.2) is 11.8 Å². The topological polar surface area (TPSA) is 0 Å². The smallest absolute Gasteiger partial charge is 1.00 e. The van der Waals surface area contributed by atoms with Gasteiger partial charge >= 0.3 is 150 Å². The van der Waals surface area contributed by atoms with Crippen molar-refractivity contribution in [3.05, 3.63) is 65.0 Å². The first-order valence-corrected chi connectivity index (χ1v) is 12.4. The normalized spacial score (nSPS) is 35.6. The summed E-state index contributed by atoms with van der Waals surface area (Å²) in [7, 11) is 0.0887. The zero-order valence-electron chi connectivity index (χ0n) is 14.4. The van der Waals surface area contributed by atoms with E-state index in [1.807, 2.05) is 5.31 Å². The first-order valence-electron chi connectivity index (χ1n) is 9.05. The van der Waals surface area contributed by atoms with Crippen LogP contribution in [0.4, 0.5) is 0 Å². The molecule has 0 aromatic heterocycles. The van der Waals surface area contributed by atoms with E-state index in [0.29, 0.717) is 0 Å². The molecule has 25 heavy (non-hydrogen) atoms. The number of rotatable bonds is 2. The van der Waals surface area contributed by atoms with Crippen molar-refractivity contribution >= 4 is 14.0 Å². The van der Waals surface area contributed by atoms with E-state index in [4.69, 9.17) is 0 Å². The van der Waals surface area contributed by atoms with Crippen LogP contribution in [0.15, 0.2) is 53.9 Å². The molecule has 1 heterocycles. The Morgan fingerprint density at radius 3 is 2.76 bits per heavy atom. The molecule has 0 spiro atoms. The van der Waals surface area contributed by atoms with Gasteiger partial charge in [-0.3, -0.25) is 0 Å². The van der Waals surface area contributed by atoms with E-state index in [2.05, 4.69) is 61.6 Å². The molecule has 1 saturated heterocycles. The SMILES string of the molecule is CCCP1C2=Cc3ccccc3[CH]2[Ti+2][CH]2C3C=CC=CC3CC21.[F-].[F-]. The Labute approximate surface area is 159 Å². The van der Waals surface area contributed by atoms with E-state index < -0.39 is 0 Å². The molecule has 1 aromatic rings. The van der Waals surface area contributed by atoms with Crippen LogP contribution in [-0.2, 0) is 19.2 Å². The zero-order valence-corrected chi connectivity index (χ0v) is 16.9. The summed E-state index contributed by atoms with van der Waals surface area (Å²) in [5.74, 6) is 1.73. The van der Waals surface area contributed by atoms with Crippen molar-refractivity contribution in [3.8, 4) is 0 Å². The first kappa shape index (κ1) is 19.2. The third kappa shape index (κ3) is 2.95. The standard InChI is InChI=1S/C21H23P.2FH.Ti/c1-2-11-22(20-12-16-7-3-4-8-17(16)13-20)21-14-18-9-5-6-10-19(18)15-21;;;/h3-10,12-14,18-19,21H,2,11,15H2,1H3;2*1H;/q;;;+2/p-2. The zero-order chi connectivity index (χ0) is 15.4. The first-order chi connectivity index (χ1) is 11.4. The molecule has 4 aliphatic rings. The fourth-order valence-corrected chi connectivity index (χ4v) is 13.9. The van der Waals surface area contributed by atoms with Gasteiger partial charge in [0.05, 0.1) is 0 Å². The summed E-state index contributed by atoms with van der Waals surface area (Å²) in [5, 5.41) is 1.90. The van der Waals surface area contributed by atoms with Crippen molar-refractivity contribution in [1.29, 1.82) is 0 Å². The molecule has 5 rings (SSSR count). The summed E-state index contributed by atoms with van der Waals surface area (Å²) < 4.78 is 1.91. The monoisotopic (exact) mass is 392 g/mol. The van der Waals surface area contributed by atoms with Gasteiger partial charge in [-0.25, -0.2) is 0 Å². The van der Waals surface area contributed by atoms with E-state index in [1.165, 1.54) is 19.0 Å². The van der Waals surface area contributed by atoms with Gasteiger partial charge < -0.3 is 9.41 Å². The molecule has 4 heteroatoms. The maximum Gasteiger partial charge on any atom is -1.00 e. The quantitative estimate of drug-likeness (QED) is 0.491. The molecule has 130 valence electrons. The summed E-state index contributed by atoms with van der Waals surface area (Å²) in [6, 6.07) is 9.27. The number of hydrogen-bond acceptors (Lipinski definition) is 0. The Hall–Kier alpha value is -0.556. The molecule has 1 saturated carbocycles. The third-order valence-electron chi connectivity index (χ3n) is 6.10. The molecule has 0 amide bonds. The minimum absolute atomic E-state index is 0. The molecule has 0 nitrogen and oxygen atoms in total. The predicted octanol–water partition coefficient (Wildman–Crippen LogP) is -0.00260. The van der Waals surface area contributed by atoms with Gasteiger partial charge in [0.15, 0.2) is 0 Å². The van der Waals surface area contributed by atoms with Crippen LogP contribution in [0.25, 0.3) is 6.08 Å². The average Bonchev–Trinajstić information content (AvgIpc) is 3.14. The number of halogens is 2. The van der Waals surface area contributed by atoms with Crippen LogP contribution >= 0.6 is 7.92 Å². The van der Waals surface area contributed by atoms with Gasteiger partial charge in [-0.05, 0) is 0 Å². The van der Waals surface area contributed by atoms with Crippen LogP contribution < -0.4 is 9.41 Å². The van der Waals surface area contributed by atoms with Gasteiger partial charge in [-0.15, -0.1) is 0 Å². The Morgan fingerprint density at radius 2 is 1.92 bits per heavy atom. The second-order valence-electron chi connectivity index (χ2n) is 7.33. The van der Waals surface area contributed by atoms with E-state index in [1.54, 1.807) is 11.1 Å². The minimum Gasteiger partial charge on any atom is -1.00 e. The molecular weight excluding hydrogens is 369 g/mol. The molecule has 3 aliphatic carbocycles. The maximum absolute atomic E-state index is 2.62. The Balaban J connectivity index is 0.000000911. The summed E-state index contributed by atoms with van der Waals surface area (Å²) >= 11 is 0.0554. The predicted molar refractivity (Wildman–Crippen MR) is 96.7 cm³/mol. The molecule has 0 radical (unpaired) electrons. The summed E-state index contributed by atoms with van der Waals surface area (Å²) in [6.45, 7) is 2.39. The summed E-state index contributed by atoms with van der Waals surface area (Å²) in [5.41, 5.74) is 4.27. The summed E-state index contributed by atoms with van der Waals surface area (Å²) in [6.07, 6.45) is 16.6. The second-order valence-corrected chi connectivity index (χ2v) is 12.4. The van der Waals surface area contributed by atoms with Crippen LogP contribution in [0, 0.1) is 11.8 Å². The molecular formula is C21H23F2PTi. The van der Waals surface area contributed by atoms with Gasteiger partial charge in [0, 0.05) is 0 Å². The maximum atomic E-state index is 2.62. The molecule has 0 bridgehead atoms. The number of benzene rings is 1. The Morgan fingerprint density at radius 1 is 1.12 bits per heavy atom. The van der Waals surface area contributed by atoms with Crippen LogP contribution in [0.2, 0.25) is 4.22 Å². The van der Waals surface area contributed by atoms with Gasteiger partial charge in [0.25, 0.3) is 0 Å². The van der Waals surface area contributed by atoms with Crippen molar-refractivity contribution in [3.63, 3.8) is 0 Å². The van der Waals surface area contributed by atoms with Crippen LogP contribution in [0.1, 0.15) is 35.1 Å². The van der Waals surface area contributed by atoms with E-state index in [-0.39, 0.29) is 36.5 Å². The third-order valence-corrected chi connectivity index (χ3v) is 13.6.